The van der Waals surface area contributed by atoms with Gasteiger partial charge in [-0.1, -0.05) is 164 Å². The van der Waals surface area contributed by atoms with Gasteiger partial charge in [-0.15, -0.1) is 0 Å². The molecule has 0 atom stereocenters. The Morgan fingerprint density at radius 1 is 0.321 bits per heavy atom. The zero-order valence-electron chi connectivity index (χ0n) is 37.1. The van der Waals surface area contributed by atoms with Gasteiger partial charge in [0.1, 0.15) is 0 Å². The van der Waals surface area contributed by atoms with Crippen molar-refractivity contribution in [3.05, 3.63) is 218 Å². The molecule has 0 unspecified atom stereocenters. The van der Waals surface area contributed by atoms with Crippen molar-refractivity contribution in [2.45, 2.75) is 0 Å². The van der Waals surface area contributed by atoms with Crippen molar-refractivity contribution in [1.82, 2.24) is 9.13 Å². The average Bonchev–Trinajstić information content (AvgIpc) is 3.87. The largest absolute Gasteiger partial charge is 0.309 e. The van der Waals surface area contributed by atoms with E-state index < -0.39 is 12.1 Å². The van der Waals surface area contributed by atoms with E-state index in [1.165, 1.54) is 0 Å². The summed E-state index contributed by atoms with van der Waals surface area (Å²) < 4.78 is 68.6. The number of hydrogen-bond acceptors (Lipinski definition) is 0. The Labute approximate surface area is 335 Å². The van der Waals surface area contributed by atoms with Crippen LogP contribution in [0.5, 0.6) is 0 Å². The van der Waals surface area contributed by atoms with E-state index in [1.54, 1.807) is 4.57 Å². The van der Waals surface area contributed by atoms with Gasteiger partial charge in [0.05, 0.1) is 31.7 Å². The number of benzene rings is 9. The maximum Gasteiger partial charge on any atom is 0.0645 e. The number of nitrogens with zero attached hydrogens (tertiary/aromatic N) is 2. The van der Waals surface area contributed by atoms with E-state index in [-0.39, 0.29) is 57.6 Å². The quantitative estimate of drug-likeness (QED) is 0.162. The van der Waals surface area contributed by atoms with E-state index in [0.29, 0.717) is 11.3 Å². The molecule has 0 fully saturated rings. The zero-order valence-corrected chi connectivity index (χ0v) is 30.1. The highest BCUT2D eigenvalue weighted by Crippen LogP contribution is 2.41. The third kappa shape index (κ3) is 5.26. The van der Waals surface area contributed by atoms with Crippen molar-refractivity contribution in [2.75, 3.05) is 0 Å². The third-order valence-electron chi connectivity index (χ3n) is 10.8. The topological polar surface area (TPSA) is 9.86 Å². The summed E-state index contributed by atoms with van der Waals surface area (Å²) in [5.74, 6) is 0. The second kappa shape index (κ2) is 13.2. The summed E-state index contributed by atoms with van der Waals surface area (Å²) in [6, 6.07) is 56.9. The molecule has 2 aromatic heterocycles. The first kappa shape index (κ1) is 25.6. The standard InChI is InChI=1S/C54H36N2/c1-4-13-37(14-5-1)39-23-29-44(30-24-39)55-51-22-11-10-19-47(51)49-35-42(27-33-52(49)55)43-28-34-53-50(36-43)48-21-12-20-46(41-17-8-3-9-18-41)54(48)56(53)45-31-25-40(26-32-45)38-15-6-2-7-16-38/h1-36H/i10D,11D,19D,22D,27D,33D,35D. The first-order valence-corrected chi connectivity index (χ1v) is 18.7. The fraction of sp³-hybridized carbons (Fsp3) is 0. The maximum absolute atomic E-state index is 9.88. The van der Waals surface area contributed by atoms with Crippen molar-refractivity contribution < 1.29 is 9.60 Å². The van der Waals surface area contributed by atoms with E-state index in [1.807, 2.05) is 115 Å². The van der Waals surface area contributed by atoms with Gasteiger partial charge < -0.3 is 9.13 Å². The lowest BCUT2D eigenvalue weighted by Crippen LogP contribution is -1.95. The van der Waals surface area contributed by atoms with Gasteiger partial charge in [-0.3, -0.25) is 0 Å². The molecule has 2 heterocycles. The van der Waals surface area contributed by atoms with E-state index in [2.05, 4.69) is 65.2 Å². The molecule has 2 heteroatoms. The van der Waals surface area contributed by atoms with Gasteiger partial charge in [0, 0.05) is 38.5 Å². The van der Waals surface area contributed by atoms with Crippen molar-refractivity contribution >= 4 is 43.6 Å². The van der Waals surface area contributed by atoms with E-state index in [0.717, 1.165) is 60.9 Å². The molecular formula is C54H36N2. The Kier molecular flexibility index (Phi) is 6.01. The van der Waals surface area contributed by atoms with Gasteiger partial charge in [0.15, 0.2) is 0 Å². The summed E-state index contributed by atoms with van der Waals surface area (Å²) in [6.07, 6.45) is 0. The molecule has 0 bridgehead atoms. The number of aromatic nitrogens is 2. The normalized spacial score (nSPS) is 13.3. The Bertz CT molecular complexity index is 3600. The first-order chi connectivity index (χ1) is 30.7. The van der Waals surface area contributed by atoms with Crippen molar-refractivity contribution in [1.29, 1.82) is 0 Å². The molecule has 0 saturated carbocycles. The van der Waals surface area contributed by atoms with Crippen LogP contribution in [0, 0.1) is 0 Å². The Morgan fingerprint density at radius 2 is 0.875 bits per heavy atom. The number of para-hydroxylation sites is 2. The Balaban J connectivity index is 1.16. The molecule has 0 aliphatic heterocycles. The summed E-state index contributed by atoms with van der Waals surface area (Å²) >= 11 is 0. The molecule has 0 aliphatic rings. The number of rotatable bonds is 6. The summed E-state index contributed by atoms with van der Waals surface area (Å²) in [7, 11) is 0. The van der Waals surface area contributed by atoms with Gasteiger partial charge in [-0.25, -0.2) is 0 Å². The average molecular weight is 720 g/mol. The second-order valence-electron chi connectivity index (χ2n) is 14.0. The summed E-state index contributed by atoms with van der Waals surface area (Å²) in [5.41, 5.74) is 10.9. The predicted molar refractivity (Wildman–Crippen MR) is 237 cm³/mol. The van der Waals surface area contributed by atoms with Crippen LogP contribution in [0.1, 0.15) is 9.60 Å². The van der Waals surface area contributed by atoms with Crippen LogP contribution < -0.4 is 0 Å². The molecule has 0 amide bonds. The highest BCUT2D eigenvalue weighted by Gasteiger charge is 2.19. The smallest absolute Gasteiger partial charge is 0.0645 e. The van der Waals surface area contributed by atoms with Gasteiger partial charge in [-0.2, -0.15) is 0 Å². The lowest BCUT2D eigenvalue weighted by Gasteiger charge is -2.13. The fourth-order valence-corrected chi connectivity index (χ4v) is 8.13. The molecule has 9 aromatic carbocycles. The second-order valence-corrected chi connectivity index (χ2v) is 14.0. The Morgan fingerprint density at radius 3 is 1.54 bits per heavy atom. The van der Waals surface area contributed by atoms with Gasteiger partial charge in [0.25, 0.3) is 0 Å². The summed E-state index contributed by atoms with van der Waals surface area (Å²) in [6.45, 7) is 0. The predicted octanol–water partition coefficient (Wildman–Crippen LogP) is 14.5. The van der Waals surface area contributed by atoms with Crippen LogP contribution >= 0.6 is 0 Å². The van der Waals surface area contributed by atoms with Crippen LogP contribution in [0.15, 0.2) is 218 Å². The van der Waals surface area contributed by atoms with Crippen LogP contribution in [0.4, 0.5) is 0 Å². The van der Waals surface area contributed by atoms with Crippen LogP contribution in [0.25, 0.3) is 99.5 Å². The molecular weight excluding hydrogens is 677 g/mol. The number of hydrogen-bond donors (Lipinski definition) is 0. The van der Waals surface area contributed by atoms with Gasteiger partial charge in [0.2, 0.25) is 0 Å². The van der Waals surface area contributed by atoms with Crippen LogP contribution in [-0.2, 0) is 0 Å². The summed E-state index contributed by atoms with van der Waals surface area (Å²) in [4.78, 5) is 0. The third-order valence-corrected chi connectivity index (χ3v) is 10.8. The van der Waals surface area contributed by atoms with E-state index in [4.69, 9.17) is 5.48 Å². The molecule has 11 rings (SSSR count). The molecule has 11 aromatic rings. The van der Waals surface area contributed by atoms with Crippen LogP contribution in [0.3, 0.4) is 0 Å². The SMILES string of the molecule is [2H]c1c([2H])c([2H])c2c(c1[2H])c1c([2H])c(-c3ccc4c(c3)c3cccc(-c5ccccc5)c3n4-c3ccc(-c4ccccc4)cc3)c([2H])c([2H])c1n2-c1ccc(-c2ccccc2)cc1. The highest BCUT2D eigenvalue weighted by molar-refractivity contribution is 6.15. The fourth-order valence-electron chi connectivity index (χ4n) is 8.13. The molecule has 56 heavy (non-hydrogen) atoms. The minimum absolute atomic E-state index is 0.0785. The van der Waals surface area contributed by atoms with Crippen molar-refractivity contribution in [2.24, 2.45) is 0 Å². The summed E-state index contributed by atoms with van der Waals surface area (Å²) in [5, 5.41) is 2.23. The lowest BCUT2D eigenvalue weighted by atomic mass is 9.99. The van der Waals surface area contributed by atoms with E-state index in [9.17, 15) is 4.11 Å². The zero-order chi connectivity index (χ0) is 43.1. The van der Waals surface area contributed by atoms with Crippen molar-refractivity contribution in [3.63, 3.8) is 0 Å². The molecule has 0 spiro atoms. The highest BCUT2D eigenvalue weighted by atomic mass is 15.0. The minimum atomic E-state index is -0.423. The first-order valence-electron chi connectivity index (χ1n) is 22.2. The Hall–Kier alpha value is -7.42. The molecule has 262 valence electrons. The molecule has 2 nitrogen and oxygen atoms in total. The van der Waals surface area contributed by atoms with Crippen LogP contribution in [-0.4, -0.2) is 9.13 Å². The van der Waals surface area contributed by atoms with Gasteiger partial charge in [-0.05, 0) is 93.5 Å². The van der Waals surface area contributed by atoms with E-state index >= 15 is 0 Å². The van der Waals surface area contributed by atoms with Crippen LogP contribution in [0.2, 0.25) is 0 Å². The molecule has 0 radical (unpaired) electrons. The molecule has 0 N–H and O–H groups in total. The maximum atomic E-state index is 9.88. The van der Waals surface area contributed by atoms with Crippen molar-refractivity contribution in [3.8, 4) is 55.9 Å². The monoisotopic (exact) mass is 719 g/mol. The molecule has 0 aliphatic carbocycles. The minimum Gasteiger partial charge on any atom is -0.309 e. The van der Waals surface area contributed by atoms with Gasteiger partial charge >= 0.3 is 0 Å². The number of fused-ring (bicyclic) bond motifs is 6. The lowest BCUT2D eigenvalue weighted by molar-refractivity contribution is 1.18. The molecule has 0 saturated heterocycles.